The molecule has 3 aromatic carbocycles. The molecule has 0 atom stereocenters. The molecule has 0 unspecified atom stereocenters. The van der Waals surface area contributed by atoms with Crippen molar-refractivity contribution in [3.8, 4) is 11.5 Å². The summed E-state index contributed by atoms with van der Waals surface area (Å²) in [7, 11) is 1.52. The van der Waals surface area contributed by atoms with E-state index in [1.54, 1.807) is 6.92 Å². The molecule has 0 saturated carbocycles. The van der Waals surface area contributed by atoms with E-state index in [0.717, 1.165) is 28.2 Å². The summed E-state index contributed by atoms with van der Waals surface area (Å²) >= 11 is 0. The Labute approximate surface area is 223 Å². The lowest BCUT2D eigenvalue weighted by molar-refractivity contribution is -0.221. The maximum absolute atomic E-state index is 11.7. The summed E-state index contributed by atoms with van der Waals surface area (Å²) in [6, 6.07) is 23.5. The zero-order chi connectivity index (χ0) is 26.8. The summed E-state index contributed by atoms with van der Waals surface area (Å²) in [5.41, 5.74) is 4.15. The van der Waals surface area contributed by atoms with Crippen LogP contribution in [0, 0.1) is 6.92 Å². The van der Waals surface area contributed by atoms with Gasteiger partial charge in [0.25, 0.3) is 0 Å². The number of ether oxygens (including phenoxy) is 5. The summed E-state index contributed by atoms with van der Waals surface area (Å²) in [5, 5.41) is 4.11. The van der Waals surface area contributed by atoms with E-state index in [2.05, 4.69) is 5.16 Å². The van der Waals surface area contributed by atoms with E-state index in [1.165, 1.54) is 12.7 Å². The summed E-state index contributed by atoms with van der Waals surface area (Å²) in [6.07, 6.45) is 0. The molecule has 1 aliphatic heterocycles. The van der Waals surface area contributed by atoms with Crippen LogP contribution in [0.2, 0.25) is 0 Å². The van der Waals surface area contributed by atoms with E-state index in [0.29, 0.717) is 32.1 Å². The normalized spacial score (nSPS) is 14.3. The van der Waals surface area contributed by atoms with Crippen LogP contribution in [0.15, 0.2) is 78.0 Å². The summed E-state index contributed by atoms with van der Waals surface area (Å²) in [4.78, 5) is 16.7. The van der Waals surface area contributed by atoms with Gasteiger partial charge in [-0.25, -0.2) is 4.79 Å². The van der Waals surface area contributed by atoms with Gasteiger partial charge in [0.05, 0.1) is 19.8 Å². The molecule has 8 heteroatoms. The molecule has 0 N–H and O–H groups in total. The van der Waals surface area contributed by atoms with Gasteiger partial charge in [-0.15, -0.1) is 0 Å². The fourth-order valence-corrected chi connectivity index (χ4v) is 3.89. The quantitative estimate of drug-likeness (QED) is 0.182. The van der Waals surface area contributed by atoms with Gasteiger partial charge in [-0.1, -0.05) is 59.3 Å². The summed E-state index contributed by atoms with van der Waals surface area (Å²) in [5.74, 6) is 1.07. The molecule has 8 nitrogen and oxygen atoms in total. The number of nitrogens with zero attached hydrogens (tertiary/aromatic N) is 1. The van der Waals surface area contributed by atoms with Crippen LogP contribution >= 0.6 is 0 Å². The lowest BCUT2D eigenvalue weighted by atomic mass is 9.91. The van der Waals surface area contributed by atoms with Crippen LogP contribution in [0.5, 0.6) is 11.5 Å². The summed E-state index contributed by atoms with van der Waals surface area (Å²) < 4.78 is 28.1. The largest absolute Gasteiger partial charge is 0.489 e. The highest BCUT2D eigenvalue weighted by molar-refractivity contribution is 6.01. The zero-order valence-corrected chi connectivity index (χ0v) is 22.0. The maximum atomic E-state index is 11.7. The third kappa shape index (κ3) is 7.12. The average molecular weight is 520 g/mol. The van der Waals surface area contributed by atoms with E-state index in [4.69, 9.17) is 28.5 Å². The number of hydrogen-bond acceptors (Lipinski definition) is 8. The second kappa shape index (κ2) is 13.1. The van der Waals surface area contributed by atoms with Crippen LogP contribution in [0.4, 0.5) is 0 Å². The number of hydrogen-bond donors (Lipinski definition) is 0. The van der Waals surface area contributed by atoms with Gasteiger partial charge in [0.15, 0.2) is 0 Å². The van der Waals surface area contributed by atoms with Crippen LogP contribution in [0.25, 0.3) is 0 Å². The first-order chi connectivity index (χ1) is 18.5. The molecule has 0 aromatic heterocycles. The molecule has 1 saturated heterocycles. The Morgan fingerprint density at radius 3 is 2.16 bits per heavy atom. The minimum atomic E-state index is -0.631. The molecule has 38 heavy (non-hydrogen) atoms. The van der Waals surface area contributed by atoms with Gasteiger partial charge in [0.1, 0.15) is 49.7 Å². The second-order valence-corrected chi connectivity index (χ2v) is 8.91. The molecule has 0 radical (unpaired) electrons. The van der Waals surface area contributed by atoms with Crippen LogP contribution in [-0.4, -0.2) is 51.8 Å². The van der Waals surface area contributed by atoms with E-state index >= 15 is 0 Å². The number of aryl methyl sites for hydroxylation is 1. The lowest BCUT2D eigenvalue weighted by Crippen LogP contribution is -2.49. The summed E-state index contributed by atoms with van der Waals surface area (Å²) in [6.45, 7) is 5.51. The van der Waals surface area contributed by atoms with E-state index in [-0.39, 0.29) is 19.2 Å². The van der Waals surface area contributed by atoms with Gasteiger partial charge >= 0.3 is 5.97 Å². The predicted octanol–water partition coefficient (Wildman–Crippen LogP) is 4.81. The standard InChI is InChI=1S/C30H33NO7/c1-4-35-29(32)19-38-30(20-34-21-30)25-11-15-27(16-12-25)36-17-23-7-13-26(14-8-23)37-18-28(31-33-3)24-9-5-22(2)6-10-24/h5-16H,4,17-21H2,1-3H3. The van der Waals surface area contributed by atoms with Crippen molar-refractivity contribution in [2.45, 2.75) is 26.1 Å². The first-order valence-electron chi connectivity index (χ1n) is 12.5. The number of carbonyl (C=O) groups excluding carboxylic acids is 1. The Kier molecular flexibility index (Phi) is 9.35. The Hall–Kier alpha value is -3.88. The maximum Gasteiger partial charge on any atom is 0.332 e. The average Bonchev–Trinajstić information content (AvgIpc) is 2.91. The molecule has 200 valence electrons. The van der Waals surface area contributed by atoms with Crippen molar-refractivity contribution in [2.24, 2.45) is 5.16 Å². The number of benzene rings is 3. The molecule has 3 aromatic rings. The van der Waals surface area contributed by atoms with Gasteiger partial charge in [0, 0.05) is 5.56 Å². The number of rotatable bonds is 13. The van der Waals surface area contributed by atoms with Gasteiger partial charge in [-0.2, -0.15) is 0 Å². The highest BCUT2D eigenvalue weighted by Crippen LogP contribution is 2.34. The van der Waals surface area contributed by atoms with Gasteiger partial charge in [0.2, 0.25) is 0 Å². The first-order valence-corrected chi connectivity index (χ1v) is 12.5. The number of oxime groups is 1. The minimum absolute atomic E-state index is 0.110. The van der Waals surface area contributed by atoms with Gasteiger partial charge in [-0.05, 0) is 49.2 Å². The fraction of sp³-hybridized carbons (Fsp3) is 0.333. The third-order valence-electron chi connectivity index (χ3n) is 6.11. The highest BCUT2D eigenvalue weighted by Gasteiger charge is 2.42. The second-order valence-electron chi connectivity index (χ2n) is 8.91. The molecule has 0 amide bonds. The topological polar surface area (TPSA) is 84.8 Å². The van der Waals surface area contributed by atoms with Crippen molar-refractivity contribution in [3.05, 3.63) is 95.1 Å². The molecule has 0 aliphatic carbocycles. The molecular formula is C30H33NO7. The number of esters is 1. The van der Waals surface area contributed by atoms with Crippen molar-refractivity contribution in [1.29, 1.82) is 0 Å². The molecule has 0 spiro atoms. The van der Waals surface area contributed by atoms with Crippen LogP contribution in [0.3, 0.4) is 0 Å². The fourth-order valence-electron chi connectivity index (χ4n) is 3.89. The van der Waals surface area contributed by atoms with Crippen LogP contribution < -0.4 is 9.47 Å². The Bertz CT molecular complexity index is 1200. The first kappa shape index (κ1) is 27.2. The van der Waals surface area contributed by atoms with Crippen molar-refractivity contribution in [3.63, 3.8) is 0 Å². The SMILES string of the molecule is CCOC(=O)COC1(c2ccc(OCc3ccc(OCC(=NOC)c4ccc(C)cc4)cc3)cc2)COC1. The molecule has 1 heterocycles. The van der Waals surface area contributed by atoms with E-state index in [9.17, 15) is 4.79 Å². The van der Waals surface area contributed by atoms with Crippen LogP contribution in [-0.2, 0) is 36.1 Å². The molecule has 1 aliphatic rings. The van der Waals surface area contributed by atoms with E-state index in [1.807, 2.05) is 79.7 Å². The lowest BCUT2D eigenvalue weighted by Gasteiger charge is -2.41. The van der Waals surface area contributed by atoms with Crippen molar-refractivity contribution in [1.82, 2.24) is 0 Å². The smallest absolute Gasteiger partial charge is 0.332 e. The molecule has 0 bridgehead atoms. The number of carbonyl (C=O) groups is 1. The highest BCUT2D eigenvalue weighted by atomic mass is 16.6. The third-order valence-corrected chi connectivity index (χ3v) is 6.11. The Morgan fingerprint density at radius 1 is 0.895 bits per heavy atom. The molecular weight excluding hydrogens is 486 g/mol. The monoisotopic (exact) mass is 519 g/mol. The van der Waals surface area contributed by atoms with Crippen molar-refractivity contribution in [2.75, 3.05) is 40.1 Å². The van der Waals surface area contributed by atoms with Gasteiger partial charge in [-0.3, -0.25) is 0 Å². The van der Waals surface area contributed by atoms with Gasteiger partial charge < -0.3 is 28.5 Å². The molecule has 4 rings (SSSR count). The predicted molar refractivity (Wildman–Crippen MR) is 143 cm³/mol. The zero-order valence-electron chi connectivity index (χ0n) is 22.0. The van der Waals surface area contributed by atoms with Crippen molar-refractivity contribution < 1.29 is 33.3 Å². The molecule has 1 fully saturated rings. The van der Waals surface area contributed by atoms with Crippen LogP contribution in [0.1, 0.15) is 29.2 Å². The Balaban J connectivity index is 1.28. The van der Waals surface area contributed by atoms with E-state index < -0.39 is 5.60 Å². The minimum Gasteiger partial charge on any atom is -0.489 e. The Morgan fingerprint density at radius 2 is 1.55 bits per heavy atom. The van der Waals surface area contributed by atoms with Crippen molar-refractivity contribution >= 4 is 11.7 Å².